The third kappa shape index (κ3) is 3.21. The number of benzene rings is 2. The Morgan fingerprint density at radius 3 is 2.52 bits per heavy atom. The lowest BCUT2D eigenvalue weighted by Crippen LogP contribution is -2.17. The molecule has 3 aromatic rings. The molecule has 1 N–H and O–H groups in total. The van der Waals surface area contributed by atoms with E-state index in [1.54, 1.807) is 6.33 Å². The van der Waals surface area contributed by atoms with Gasteiger partial charge in [-0.2, -0.15) is 0 Å². The van der Waals surface area contributed by atoms with E-state index >= 15 is 0 Å². The topological polar surface area (TPSA) is 44.3 Å². The zero-order chi connectivity index (χ0) is 18.1. The molecule has 0 bridgehead atoms. The van der Waals surface area contributed by atoms with E-state index in [4.69, 9.17) is 0 Å². The molecule has 0 saturated carbocycles. The van der Waals surface area contributed by atoms with Gasteiger partial charge in [0.2, 0.25) is 0 Å². The van der Waals surface area contributed by atoms with Crippen LogP contribution in [0.25, 0.3) is 0 Å². The van der Waals surface area contributed by atoms with Crippen LogP contribution in [-0.2, 0) is 6.42 Å². The normalized spacial score (nSPS) is 15.9. The van der Waals surface area contributed by atoms with Gasteiger partial charge in [-0.15, -0.1) is 0 Å². The van der Waals surface area contributed by atoms with Crippen LogP contribution in [0.1, 0.15) is 18.4 Å². The lowest BCUT2D eigenvalue weighted by molar-refractivity contribution is 0.949. The number of aromatic nitrogens is 2. The van der Waals surface area contributed by atoms with E-state index in [1.807, 2.05) is 6.07 Å². The quantitative estimate of drug-likeness (QED) is 0.744. The van der Waals surface area contributed by atoms with Crippen molar-refractivity contribution in [1.82, 2.24) is 9.97 Å². The first-order valence-corrected chi connectivity index (χ1v) is 9.66. The molecule has 0 spiro atoms. The fourth-order valence-corrected chi connectivity index (χ4v) is 4.02. The second-order valence-electron chi connectivity index (χ2n) is 7.16. The van der Waals surface area contributed by atoms with Crippen LogP contribution in [0.4, 0.5) is 28.7 Å². The molecule has 1 saturated heterocycles. The molecule has 5 heteroatoms. The van der Waals surface area contributed by atoms with E-state index in [0.717, 1.165) is 30.3 Å². The Balaban J connectivity index is 1.34. The van der Waals surface area contributed by atoms with E-state index in [-0.39, 0.29) is 0 Å². The van der Waals surface area contributed by atoms with E-state index in [1.165, 1.54) is 42.9 Å². The van der Waals surface area contributed by atoms with Crippen LogP contribution in [0.15, 0.2) is 60.9 Å². The fraction of sp³-hybridized carbons (Fsp3) is 0.273. The maximum Gasteiger partial charge on any atom is 0.138 e. The first-order chi connectivity index (χ1) is 13.4. The third-order valence-electron chi connectivity index (χ3n) is 5.43. The molecule has 27 heavy (non-hydrogen) atoms. The number of hydrogen-bond donors (Lipinski definition) is 1. The van der Waals surface area contributed by atoms with Gasteiger partial charge < -0.3 is 15.1 Å². The molecule has 1 aromatic heterocycles. The summed E-state index contributed by atoms with van der Waals surface area (Å²) in [6, 6.07) is 19.2. The van der Waals surface area contributed by atoms with Crippen molar-refractivity contribution in [2.45, 2.75) is 19.3 Å². The van der Waals surface area contributed by atoms with Gasteiger partial charge >= 0.3 is 0 Å². The van der Waals surface area contributed by atoms with Crippen molar-refractivity contribution in [1.29, 1.82) is 0 Å². The second kappa shape index (κ2) is 6.91. The number of fused-ring (bicyclic) bond motifs is 1. The van der Waals surface area contributed by atoms with Crippen molar-refractivity contribution in [2.24, 2.45) is 0 Å². The lowest BCUT2D eigenvalue weighted by Gasteiger charge is -2.19. The molecule has 0 amide bonds. The number of hydrogen-bond acceptors (Lipinski definition) is 5. The zero-order valence-corrected chi connectivity index (χ0v) is 15.3. The smallest absolute Gasteiger partial charge is 0.138 e. The Hall–Kier alpha value is -3.08. The maximum atomic E-state index is 4.50. The van der Waals surface area contributed by atoms with E-state index < -0.39 is 0 Å². The van der Waals surface area contributed by atoms with Crippen molar-refractivity contribution in [3.63, 3.8) is 0 Å². The molecule has 5 nitrogen and oxygen atoms in total. The van der Waals surface area contributed by atoms with Crippen LogP contribution in [0.2, 0.25) is 0 Å². The van der Waals surface area contributed by atoms with Crippen LogP contribution in [0, 0.1) is 0 Å². The Morgan fingerprint density at radius 1 is 0.852 bits per heavy atom. The van der Waals surface area contributed by atoms with Crippen molar-refractivity contribution < 1.29 is 0 Å². The number of nitrogens with one attached hydrogen (secondary N) is 1. The highest BCUT2D eigenvalue weighted by molar-refractivity contribution is 5.70. The summed E-state index contributed by atoms with van der Waals surface area (Å²) in [7, 11) is 0. The predicted molar refractivity (Wildman–Crippen MR) is 110 cm³/mol. The average molecular weight is 357 g/mol. The van der Waals surface area contributed by atoms with Gasteiger partial charge in [0, 0.05) is 42.8 Å². The Labute approximate surface area is 159 Å². The van der Waals surface area contributed by atoms with Crippen LogP contribution in [0.5, 0.6) is 0 Å². The number of rotatable bonds is 4. The standard InChI is InChI=1S/C22H23N5/c1-2-6-20-17(5-1)11-14-27(20)22-15-21(23-16-24-22)25-18-7-9-19(10-8-18)26-12-3-4-13-26/h1-2,5-10,15-16H,3-4,11-14H2,(H,23,24,25). The molecule has 0 radical (unpaired) electrons. The Kier molecular flexibility index (Phi) is 4.13. The zero-order valence-electron chi connectivity index (χ0n) is 15.3. The molecule has 0 atom stereocenters. The molecular formula is C22H23N5. The highest BCUT2D eigenvalue weighted by Gasteiger charge is 2.21. The van der Waals surface area contributed by atoms with Gasteiger partial charge in [0.05, 0.1) is 0 Å². The number of para-hydroxylation sites is 1. The van der Waals surface area contributed by atoms with E-state index in [0.29, 0.717) is 0 Å². The number of nitrogens with zero attached hydrogens (tertiary/aromatic N) is 4. The van der Waals surface area contributed by atoms with E-state index in [9.17, 15) is 0 Å². The fourth-order valence-electron chi connectivity index (χ4n) is 4.02. The first kappa shape index (κ1) is 16.1. The molecule has 2 aliphatic rings. The molecule has 2 aliphatic heterocycles. The summed E-state index contributed by atoms with van der Waals surface area (Å²) in [6.07, 6.45) is 5.28. The highest BCUT2D eigenvalue weighted by atomic mass is 15.2. The molecule has 5 rings (SSSR count). The molecule has 136 valence electrons. The summed E-state index contributed by atoms with van der Waals surface area (Å²) >= 11 is 0. The van der Waals surface area contributed by atoms with Gasteiger partial charge in [0.25, 0.3) is 0 Å². The van der Waals surface area contributed by atoms with Crippen LogP contribution < -0.4 is 15.1 Å². The van der Waals surface area contributed by atoms with Gasteiger partial charge in [-0.3, -0.25) is 0 Å². The summed E-state index contributed by atoms with van der Waals surface area (Å²) < 4.78 is 0. The van der Waals surface area contributed by atoms with Crippen molar-refractivity contribution in [2.75, 3.05) is 34.8 Å². The SMILES string of the molecule is c1ccc2c(c1)CCN2c1cc(Nc2ccc(N3CCCC3)cc2)ncn1. The van der Waals surface area contributed by atoms with Crippen LogP contribution in [-0.4, -0.2) is 29.6 Å². The molecule has 1 fully saturated rings. The van der Waals surface area contributed by atoms with E-state index in [2.05, 4.69) is 73.6 Å². The molecular weight excluding hydrogens is 334 g/mol. The summed E-state index contributed by atoms with van der Waals surface area (Å²) in [6.45, 7) is 3.29. The second-order valence-corrected chi connectivity index (χ2v) is 7.16. The van der Waals surface area contributed by atoms with Gasteiger partial charge in [-0.1, -0.05) is 18.2 Å². The molecule has 2 aromatic carbocycles. The molecule has 0 aliphatic carbocycles. The van der Waals surface area contributed by atoms with Crippen LogP contribution >= 0.6 is 0 Å². The van der Waals surface area contributed by atoms with Gasteiger partial charge in [-0.05, 0) is 55.2 Å². The summed E-state index contributed by atoms with van der Waals surface area (Å²) in [5.41, 5.74) is 4.97. The van der Waals surface area contributed by atoms with Gasteiger partial charge in [-0.25, -0.2) is 9.97 Å². The summed E-state index contributed by atoms with van der Waals surface area (Å²) in [4.78, 5) is 13.6. The Bertz CT molecular complexity index is 931. The summed E-state index contributed by atoms with van der Waals surface area (Å²) in [5, 5.41) is 3.41. The lowest BCUT2D eigenvalue weighted by atomic mass is 10.2. The molecule has 0 unspecified atom stereocenters. The van der Waals surface area contributed by atoms with Gasteiger partial charge in [0.15, 0.2) is 0 Å². The third-order valence-corrected chi connectivity index (χ3v) is 5.43. The van der Waals surface area contributed by atoms with Crippen LogP contribution in [0.3, 0.4) is 0 Å². The largest absolute Gasteiger partial charge is 0.372 e. The average Bonchev–Trinajstić information content (AvgIpc) is 3.39. The van der Waals surface area contributed by atoms with Crippen molar-refractivity contribution >= 4 is 28.7 Å². The summed E-state index contributed by atoms with van der Waals surface area (Å²) in [5.74, 6) is 1.75. The highest BCUT2D eigenvalue weighted by Crippen LogP contribution is 2.34. The van der Waals surface area contributed by atoms with Gasteiger partial charge in [0.1, 0.15) is 18.0 Å². The maximum absolute atomic E-state index is 4.50. The first-order valence-electron chi connectivity index (χ1n) is 9.66. The Morgan fingerprint density at radius 2 is 1.67 bits per heavy atom. The monoisotopic (exact) mass is 357 g/mol. The minimum Gasteiger partial charge on any atom is -0.372 e. The minimum absolute atomic E-state index is 0.818. The molecule has 3 heterocycles. The van der Waals surface area contributed by atoms with Crippen molar-refractivity contribution in [3.8, 4) is 0 Å². The number of anilines is 5. The minimum atomic E-state index is 0.818. The predicted octanol–water partition coefficient (Wildman–Crippen LogP) is 4.51. The van der Waals surface area contributed by atoms with Crippen molar-refractivity contribution in [3.05, 3.63) is 66.5 Å².